The van der Waals surface area contributed by atoms with Crippen LogP contribution in [0.15, 0.2) is 65.5 Å². The van der Waals surface area contributed by atoms with Crippen LogP contribution >= 0.6 is 0 Å². The molecule has 1 aromatic heterocycles. The van der Waals surface area contributed by atoms with E-state index in [9.17, 15) is 33.1 Å². The number of alkyl halides is 3. The van der Waals surface area contributed by atoms with Gasteiger partial charge in [-0.15, -0.1) is 0 Å². The number of nitrogens with one attached hydrogen (secondary N) is 1. The van der Waals surface area contributed by atoms with Gasteiger partial charge in [0, 0.05) is 6.42 Å². The zero-order valence-corrected chi connectivity index (χ0v) is 20.8. The van der Waals surface area contributed by atoms with Gasteiger partial charge in [-0.3, -0.25) is 9.59 Å². The summed E-state index contributed by atoms with van der Waals surface area (Å²) in [7, 11) is 0. The summed E-state index contributed by atoms with van der Waals surface area (Å²) in [4.78, 5) is 27.1. The van der Waals surface area contributed by atoms with Crippen LogP contribution in [0.4, 0.5) is 13.2 Å². The monoisotopic (exact) mass is 516 g/mol. The number of carbonyl (C=O) groups is 1. The van der Waals surface area contributed by atoms with Crippen molar-refractivity contribution >= 4 is 5.78 Å². The second-order valence-electron chi connectivity index (χ2n) is 9.14. The summed E-state index contributed by atoms with van der Waals surface area (Å²) in [6.07, 6.45) is -5.12. The number of hydrogen-bond donors (Lipinski definition) is 2. The van der Waals surface area contributed by atoms with E-state index in [0.717, 1.165) is 11.1 Å². The first kappa shape index (κ1) is 26.4. The number of hydrogen-bond acceptors (Lipinski definition) is 4. The third kappa shape index (κ3) is 5.09. The number of aromatic nitrogens is 1. The number of benzene rings is 3. The predicted molar refractivity (Wildman–Crippen MR) is 138 cm³/mol. The maximum absolute atomic E-state index is 14.4. The summed E-state index contributed by atoms with van der Waals surface area (Å²) < 4.78 is 43.1. The zero-order valence-electron chi connectivity index (χ0n) is 20.8. The van der Waals surface area contributed by atoms with Crippen molar-refractivity contribution in [3.63, 3.8) is 0 Å². The van der Waals surface area contributed by atoms with Crippen LogP contribution in [0, 0.1) is 25.2 Å². The molecule has 4 rings (SSSR count). The Kier molecular flexibility index (Phi) is 6.97. The third-order valence-electron chi connectivity index (χ3n) is 6.44. The number of ketones is 1. The molecule has 4 aromatic rings. The van der Waals surface area contributed by atoms with Crippen molar-refractivity contribution in [1.82, 2.24) is 4.98 Å². The van der Waals surface area contributed by atoms with Gasteiger partial charge in [0.15, 0.2) is 5.78 Å². The van der Waals surface area contributed by atoms with Gasteiger partial charge in [-0.05, 0) is 72.4 Å². The van der Waals surface area contributed by atoms with Crippen molar-refractivity contribution in [2.45, 2.75) is 33.4 Å². The molecule has 0 fully saturated rings. The fourth-order valence-corrected chi connectivity index (χ4v) is 4.57. The average Bonchev–Trinajstić information content (AvgIpc) is 2.85. The maximum Gasteiger partial charge on any atom is 0.418 e. The summed E-state index contributed by atoms with van der Waals surface area (Å²) >= 11 is 0. The summed E-state index contributed by atoms with van der Waals surface area (Å²) in [5.41, 5.74) is 0.236. The highest BCUT2D eigenvalue weighted by Gasteiger charge is 2.39. The summed E-state index contributed by atoms with van der Waals surface area (Å²) in [5.74, 6) is -0.526. The standard InChI is InChI=1S/C30H23F3N2O3/c1-16-7-8-19(17(2)11-16)13-24-27(30(31,32)33)25(15-34)29(38)35-28(24)22-6-4-5-20(12-22)21-9-10-26(37)23(14-21)18(3)36/h4-12,14,37H,13H2,1-3H3,(H,35,38). The number of H-pyrrole nitrogens is 1. The number of pyridine rings is 1. The van der Waals surface area contributed by atoms with Crippen LogP contribution in [0.2, 0.25) is 0 Å². The molecule has 0 radical (unpaired) electrons. The first-order valence-electron chi connectivity index (χ1n) is 11.7. The molecule has 0 aliphatic heterocycles. The minimum Gasteiger partial charge on any atom is -0.507 e. The Bertz CT molecular complexity index is 1680. The molecule has 3 aromatic carbocycles. The molecule has 0 unspecified atom stereocenters. The molecule has 2 N–H and O–H groups in total. The highest BCUT2D eigenvalue weighted by Crippen LogP contribution is 2.39. The van der Waals surface area contributed by atoms with Gasteiger partial charge in [0.05, 0.1) is 16.8 Å². The van der Waals surface area contributed by atoms with Crippen LogP contribution in [-0.2, 0) is 12.6 Å². The van der Waals surface area contributed by atoms with E-state index >= 15 is 0 Å². The third-order valence-corrected chi connectivity index (χ3v) is 6.44. The Morgan fingerprint density at radius 3 is 2.32 bits per heavy atom. The Hall–Kier alpha value is -4.64. The fraction of sp³-hybridized carbons (Fsp3) is 0.167. The average molecular weight is 517 g/mol. The van der Waals surface area contributed by atoms with Gasteiger partial charge in [-0.25, -0.2) is 0 Å². The Balaban J connectivity index is 1.99. The van der Waals surface area contributed by atoms with E-state index in [1.807, 2.05) is 13.0 Å². The van der Waals surface area contributed by atoms with Crippen molar-refractivity contribution in [1.29, 1.82) is 5.26 Å². The Labute approximate surface area is 216 Å². The number of aryl methyl sites for hydroxylation is 2. The van der Waals surface area contributed by atoms with E-state index in [2.05, 4.69) is 4.98 Å². The molecule has 38 heavy (non-hydrogen) atoms. The quantitative estimate of drug-likeness (QED) is 0.288. The van der Waals surface area contributed by atoms with Gasteiger partial charge in [0.2, 0.25) is 0 Å². The van der Waals surface area contributed by atoms with E-state index < -0.39 is 22.9 Å². The van der Waals surface area contributed by atoms with Crippen LogP contribution in [0.5, 0.6) is 5.75 Å². The summed E-state index contributed by atoms with van der Waals surface area (Å²) in [6, 6.07) is 17.8. The van der Waals surface area contributed by atoms with Gasteiger partial charge in [-0.1, -0.05) is 48.0 Å². The van der Waals surface area contributed by atoms with Gasteiger partial charge < -0.3 is 10.1 Å². The minimum atomic E-state index is -4.95. The first-order valence-corrected chi connectivity index (χ1v) is 11.7. The number of phenols is 1. The topological polar surface area (TPSA) is 94.0 Å². The largest absolute Gasteiger partial charge is 0.507 e. The predicted octanol–water partition coefficient (Wildman–Crippen LogP) is 6.72. The number of carbonyl (C=O) groups excluding carboxylic acids is 1. The van der Waals surface area contributed by atoms with Crippen LogP contribution < -0.4 is 5.56 Å². The molecule has 0 saturated heterocycles. The molecular formula is C30H23F3N2O3. The van der Waals surface area contributed by atoms with Crippen LogP contribution in [0.3, 0.4) is 0 Å². The number of nitrogens with zero attached hydrogens (tertiary/aromatic N) is 1. The molecule has 5 nitrogen and oxygen atoms in total. The molecule has 8 heteroatoms. The molecule has 0 saturated carbocycles. The molecule has 0 aliphatic rings. The number of aromatic hydroxyl groups is 1. The van der Waals surface area contributed by atoms with E-state index in [1.165, 1.54) is 25.1 Å². The molecule has 0 amide bonds. The van der Waals surface area contributed by atoms with Crippen molar-refractivity contribution in [3.8, 4) is 34.2 Å². The van der Waals surface area contributed by atoms with Crippen LogP contribution in [0.25, 0.3) is 22.4 Å². The van der Waals surface area contributed by atoms with Gasteiger partial charge in [0.1, 0.15) is 17.4 Å². The molecule has 1 heterocycles. The van der Waals surface area contributed by atoms with Crippen LogP contribution in [0.1, 0.15) is 50.7 Å². The van der Waals surface area contributed by atoms with Crippen molar-refractivity contribution < 1.29 is 23.1 Å². The molecule has 0 spiro atoms. The lowest BCUT2D eigenvalue weighted by Gasteiger charge is -2.20. The van der Waals surface area contributed by atoms with E-state index in [4.69, 9.17) is 0 Å². The van der Waals surface area contributed by atoms with Gasteiger partial charge in [0.25, 0.3) is 5.56 Å². The lowest BCUT2D eigenvalue weighted by molar-refractivity contribution is -0.138. The van der Waals surface area contributed by atoms with Crippen molar-refractivity contribution in [3.05, 3.63) is 110 Å². The normalized spacial score (nSPS) is 11.3. The number of Topliss-reactive ketones (excluding diaryl/α,β-unsaturated/α-hetero) is 1. The molecule has 0 atom stereocenters. The minimum absolute atomic E-state index is 0.0475. The lowest BCUT2D eigenvalue weighted by Crippen LogP contribution is -2.23. The second kappa shape index (κ2) is 10.0. The summed E-state index contributed by atoms with van der Waals surface area (Å²) in [6.45, 7) is 4.99. The van der Waals surface area contributed by atoms with Gasteiger partial charge in [-0.2, -0.15) is 18.4 Å². The van der Waals surface area contributed by atoms with Crippen molar-refractivity contribution in [2.24, 2.45) is 0 Å². The highest BCUT2D eigenvalue weighted by molar-refractivity contribution is 5.98. The lowest BCUT2D eigenvalue weighted by atomic mass is 9.89. The first-order chi connectivity index (χ1) is 17.9. The molecule has 0 bridgehead atoms. The van der Waals surface area contributed by atoms with Crippen LogP contribution in [-0.4, -0.2) is 15.9 Å². The number of aromatic amines is 1. The number of rotatable bonds is 5. The number of halogens is 3. The van der Waals surface area contributed by atoms with Gasteiger partial charge >= 0.3 is 6.18 Å². The molecular weight excluding hydrogens is 493 g/mol. The maximum atomic E-state index is 14.4. The number of nitriles is 1. The zero-order chi connectivity index (χ0) is 27.8. The van der Waals surface area contributed by atoms with E-state index in [-0.39, 0.29) is 34.8 Å². The molecule has 0 aliphatic carbocycles. The Morgan fingerprint density at radius 2 is 1.68 bits per heavy atom. The second-order valence-corrected chi connectivity index (χ2v) is 9.14. The van der Waals surface area contributed by atoms with E-state index in [1.54, 1.807) is 49.4 Å². The summed E-state index contributed by atoms with van der Waals surface area (Å²) in [5, 5.41) is 19.5. The fourth-order valence-electron chi connectivity index (χ4n) is 4.57. The number of phenolic OH excluding ortho intramolecular Hbond substituents is 1. The SMILES string of the molecule is CC(=O)c1cc(-c2cccc(-c3[nH]c(=O)c(C#N)c(C(F)(F)F)c3Cc3ccc(C)cc3C)c2)ccc1O. The molecule has 192 valence electrons. The van der Waals surface area contributed by atoms with E-state index in [0.29, 0.717) is 22.3 Å². The Morgan fingerprint density at radius 1 is 1.00 bits per heavy atom. The van der Waals surface area contributed by atoms with Crippen molar-refractivity contribution in [2.75, 3.05) is 0 Å². The highest BCUT2D eigenvalue weighted by atomic mass is 19.4. The smallest absolute Gasteiger partial charge is 0.418 e.